The zero-order chi connectivity index (χ0) is 10.3. The molecule has 74 valence electrons. The standard InChI is InChI=1S/C12H15NSe/c1-8-9-5-6-13-7-10(9)14-11(8)12(2,3)4/h5-7H,1-4H3. The van der Waals surface area contributed by atoms with Gasteiger partial charge in [0.05, 0.1) is 0 Å². The van der Waals surface area contributed by atoms with Crippen LogP contribution in [0.3, 0.4) is 0 Å². The van der Waals surface area contributed by atoms with E-state index in [9.17, 15) is 0 Å². The molecule has 2 aromatic rings. The molecule has 0 atom stereocenters. The molecular formula is C12H15NSe. The molecule has 1 nitrogen and oxygen atoms in total. The monoisotopic (exact) mass is 253 g/mol. The third kappa shape index (κ3) is 1.53. The summed E-state index contributed by atoms with van der Waals surface area (Å²) in [5.41, 5.74) is 1.79. The Bertz CT molecular complexity index is 463. The van der Waals surface area contributed by atoms with Gasteiger partial charge in [0, 0.05) is 0 Å². The van der Waals surface area contributed by atoms with Crippen LogP contribution in [0, 0.1) is 6.92 Å². The quantitative estimate of drug-likeness (QED) is 0.657. The first-order valence-electron chi connectivity index (χ1n) is 4.84. The first-order valence-corrected chi connectivity index (χ1v) is 6.55. The summed E-state index contributed by atoms with van der Waals surface area (Å²) in [6.45, 7) is 9.14. The Morgan fingerprint density at radius 1 is 1.29 bits per heavy atom. The van der Waals surface area contributed by atoms with Gasteiger partial charge in [-0.2, -0.15) is 0 Å². The number of aryl methyl sites for hydroxylation is 1. The fourth-order valence-electron chi connectivity index (χ4n) is 1.80. The van der Waals surface area contributed by atoms with Crippen molar-refractivity contribution in [3.63, 3.8) is 0 Å². The molecule has 0 unspecified atom stereocenters. The van der Waals surface area contributed by atoms with E-state index in [2.05, 4.69) is 38.7 Å². The van der Waals surface area contributed by atoms with Crippen LogP contribution < -0.4 is 0 Å². The molecule has 0 fully saturated rings. The summed E-state index contributed by atoms with van der Waals surface area (Å²) in [5.74, 6) is 0. The Balaban J connectivity index is 2.75. The van der Waals surface area contributed by atoms with Gasteiger partial charge in [0.15, 0.2) is 0 Å². The van der Waals surface area contributed by atoms with Crippen molar-refractivity contribution in [3.05, 3.63) is 28.5 Å². The number of hydrogen-bond acceptors (Lipinski definition) is 1. The molecule has 0 N–H and O–H groups in total. The van der Waals surface area contributed by atoms with E-state index in [1.807, 2.05) is 12.4 Å². The van der Waals surface area contributed by atoms with Crippen molar-refractivity contribution in [2.75, 3.05) is 0 Å². The van der Waals surface area contributed by atoms with Crippen molar-refractivity contribution >= 4 is 24.1 Å². The van der Waals surface area contributed by atoms with Crippen LogP contribution >= 0.6 is 0 Å². The average molecular weight is 252 g/mol. The third-order valence-corrected chi connectivity index (χ3v) is 5.92. The van der Waals surface area contributed by atoms with E-state index in [0.717, 1.165) is 0 Å². The number of nitrogens with zero attached hydrogens (tertiary/aromatic N) is 1. The Hall–Kier alpha value is -0.591. The fraction of sp³-hybridized carbons (Fsp3) is 0.417. The van der Waals surface area contributed by atoms with Crippen LogP contribution in [0.15, 0.2) is 18.5 Å². The Morgan fingerprint density at radius 3 is 2.57 bits per heavy atom. The number of rotatable bonds is 0. The number of pyridine rings is 1. The molecule has 2 heterocycles. The molecule has 0 amide bonds. The Morgan fingerprint density at radius 2 is 2.00 bits per heavy atom. The molecule has 2 heteroatoms. The summed E-state index contributed by atoms with van der Waals surface area (Å²) < 4.78 is 3.07. The molecule has 0 aliphatic rings. The first-order chi connectivity index (χ1) is 6.50. The van der Waals surface area contributed by atoms with Gasteiger partial charge < -0.3 is 0 Å². The minimum atomic E-state index is 0.309. The number of hydrogen-bond donors (Lipinski definition) is 0. The first kappa shape index (κ1) is 9.95. The van der Waals surface area contributed by atoms with Crippen LogP contribution in [0.1, 0.15) is 30.8 Å². The molecule has 2 aromatic heterocycles. The van der Waals surface area contributed by atoms with Gasteiger partial charge in [0.1, 0.15) is 0 Å². The Kier molecular flexibility index (Phi) is 2.29. The summed E-state index contributed by atoms with van der Waals surface area (Å²) in [4.78, 5) is 4.20. The topological polar surface area (TPSA) is 12.9 Å². The summed E-state index contributed by atoms with van der Waals surface area (Å²) in [6, 6.07) is 2.14. The third-order valence-electron chi connectivity index (χ3n) is 2.42. The number of fused-ring (bicyclic) bond motifs is 1. The van der Waals surface area contributed by atoms with Gasteiger partial charge in [0.2, 0.25) is 0 Å². The second-order valence-electron chi connectivity index (χ2n) is 4.68. The molecule has 2 rings (SSSR count). The van der Waals surface area contributed by atoms with Gasteiger partial charge in [-0.15, -0.1) is 0 Å². The van der Waals surface area contributed by atoms with Gasteiger partial charge in [-0.3, -0.25) is 0 Å². The van der Waals surface area contributed by atoms with Crippen molar-refractivity contribution in [1.29, 1.82) is 0 Å². The molecular weight excluding hydrogens is 237 g/mol. The van der Waals surface area contributed by atoms with Crippen LogP contribution in [-0.2, 0) is 5.41 Å². The van der Waals surface area contributed by atoms with Gasteiger partial charge in [-0.1, -0.05) is 0 Å². The van der Waals surface area contributed by atoms with Crippen LogP contribution in [-0.4, -0.2) is 19.5 Å². The molecule has 0 bridgehead atoms. The van der Waals surface area contributed by atoms with Crippen molar-refractivity contribution in [2.45, 2.75) is 33.1 Å². The molecule has 0 aliphatic carbocycles. The maximum atomic E-state index is 4.20. The van der Waals surface area contributed by atoms with E-state index in [4.69, 9.17) is 0 Å². The van der Waals surface area contributed by atoms with Crippen molar-refractivity contribution in [1.82, 2.24) is 4.98 Å². The normalized spacial score (nSPS) is 12.3. The Labute approximate surface area is 90.9 Å². The fourth-order valence-corrected chi connectivity index (χ4v) is 4.38. The molecule has 0 aromatic carbocycles. The van der Waals surface area contributed by atoms with Gasteiger partial charge in [0.25, 0.3) is 0 Å². The van der Waals surface area contributed by atoms with E-state index in [1.165, 1.54) is 15.2 Å². The average Bonchev–Trinajstić information content (AvgIpc) is 2.44. The summed E-state index contributed by atoms with van der Waals surface area (Å²) >= 11 is 0.492. The number of aromatic nitrogens is 1. The van der Waals surface area contributed by atoms with E-state index >= 15 is 0 Å². The van der Waals surface area contributed by atoms with E-state index < -0.39 is 0 Å². The van der Waals surface area contributed by atoms with E-state index in [-0.39, 0.29) is 0 Å². The second kappa shape index (κ2) is 3.22. The summed E-state index contributed by atoms with van der Waals surface area (Å²) in [7, 11) is 0. The minimum absolute atomic E-state index is 0.309. The molecule has 0 spiro atoms. The van der Waals surface area contributed by atoms with Gasteiger partial charge in [-0.05, 0) is 0 Å². The van der Waals surface area contributed by atoms with Gasteiger partial charge >= 0.3 is 90.7 Å². The SMILES string of the molecule is Cc1c(C(C)(C)C)[se]c2cnccc12. The van der Waals surface area contributed by atoms with E-state index in [1.54, 1.807) is 4.44 Å². The van der Waals surface area contributed by atoms with Crippen LogP contribution in [0.25, 0.3) is 9.65 Å². The predicted octanol–water partition coefficient (Wildman–Crippen LogP) is 2.90. The maximum absolute atomic E-state index is 4.20. The zero-order valence-electron chi connectivity index (χ0n) is 9.09. The second-order valence-corrected chi connectivity index (χ2v) is 6.89. The summed E-state index contributed by atoms with van der Waals surface area (Å²) in [5, 5.41) is 1.42. The van der Waals surface area contributed by atoms with Crippen molar-refractivity contribution in [2.24, 2.45) is 0 Å². The molecule has 0 aliphatic heterocycles. The van der Waals surface area contributed by atoms with Crippen molar-refractivity contribution in [3.8, 4) is 0 Å². The summed E-state index contributed by atoms with van der Waals surface area (Å²) in [6.07, 6.45) is 3.92. The van der Waals surface area contributed by atoms with Crippen LogP contribution in [0.4, 0.5) is 0 Å². The van der Waals surface area contributed by atoms with Crippen LogP contribution in [0.2, 0.25) is 0 Å². The van der Waals surface area contributed by atoms with Gasteiger partial charge in [-0.25, -0.2) is 0 Å². The zero-order valence-corrected chi connectivity index (χ0v) is 10.8. The molecule has 0 saturated heterocycles. The molecule has 0 radical (unpaired) electrons. The van der Waals surface area contributed by atoms with Crippen molar-refractivity contribution < 1.29 is 0 Å². The van der Waals surface area contributed by atoms with E-state index in [0.29, 0.717) is 19.9 Å². The molecule has 0 saturated carbocycles. The van der Waals surface area contributed by atoms with Crippen LogP contribution in [0.5, 0.6) is 0 Å². The molecule has 14 heavy (non-hydrogen) atoms. The predicted molar refractivity (Wildman–Crippen MR) is 62.1 cm³/mol.